The molecular formula is C16H21N3. The van der Waals surface area contributed by atoms with Crippen molar-refractivity contribution in [1.82, 2.24) is 15.3 Å². The summed E-state index contributed by atoms with van der Waals surface area (Å²) in [7, 11) is 1.98. The van der Waals surface area contributed by atoms with E-state index in [0.29, 0.717) is 0 Å². The molecule has 0 amide bonds. The highest BCUT2D eigenvalue weighted by Crippen LogP contribution is 2.21. The summed E-state index contributed by atoms with van der Waals surface area (Å²) in [5, 5.41) is 3.36. The van der Waals surface area contributed by atoms with Crippen LogP contribution in [0.5, 0.6) is 0 Å². The zero-order chi connectivity index (χ0) is 13.8. The van der Waals surface area contributed by atoms with Crippen LogP contribution in [0.25, 0.3) is 0 Å². The van der Waals surface area contributed by atoms with E-state index in [1.807, 2.05) is 26.2 Å². The third-order valence-corrected chi connectivity index (χ3v) is 3.56. The summed E-state index contributed by atoms with van der Waals surface area (Å²) < 4.78 is 0. The van der Waals surface area contributed by atoms with Crippen molar-refractivity contribution in [2.24, 2.45) is 0 Å². The van der Waals surface area contributed by atoms with E-state index in [-0.39, 0.29) is 6.04 Å². The van der Waals surface area contributed by atoms with E-state index < -0.39 is 0 Å². The molecule has 0 aliphatic rings. The zero-order valence-corrected chi connectivity index (χ0v) is 12.1. The molecule has 0 radical (unpaired) electrons. The van der Waals surface area contributed by atoms with Crippen molar-refractivity contribution in [2.75, 3.05) is 7.05 Å². The average molecular weight is 255 g/mol. The lowest BCUT2D eigenvalue weighted by molar-refractivity contribution is 0.569. The van der Waals surface area contributed by atoms with Gasteiger partial charge in [0.15, 0.2) is 0 Å². The van der Waals surface area contributed by atoms with Gasteiger partial charge in [0.1, 0.15) is 5.82 Å². The predicted octanol–water partition coefficient (Wildman–Crippen LogP) is 2.91. The van der Waals surface area contributed by atoms with Crippen LogP contribution in [-0.4, -0.2) is 17.0 Å². The number of aromatic nitrogens is 2. The van der Waals surface area contributed by atoms with E-state index in [4.69, 9.17) is 0 Å². The molecule has 2 rings (SSSR count). The summed E-state index contributed by atoms with van der Waals surface area (Å²) in [5.74, 6) is 0.819. The van der Waals surface area contributed by atoms with E-state index in [1.165, 1.54) is 16.7 Å². The molecule has 100 valence electrons. The fourth-order valence-corrected chi connectivity index (χ4v) is 2.40. The van der Waals surface area contributed by atoms with E-state index >= 15 is 0 Å². The minimum atomic E-state index is 0.224. The third kappa shape index (κ3) is 3.18. The Hall–Kier alpha value is -1.74. The molecule has 0 saturated heterocycles. The monoisotopic (exact) mass is 255 g/mol. The molecule has 2 aromatic rings. The van der Waals surface area contributed by atoms with E-state index in [0.717, 1.165) is 17.9 Å². The Balaban J connectivity index is 2.29. The molecule has 0 spiro atoms. The van der Waals surface area contributed by atoms with Gasteiger partial charge in [0.05, 0.1) is 11.7 Å². The third-order valence-electron chi connectivity index (χ3n) is 3.56. The number of nitrogens with one attached hydrogen (secondary N) is 1. The van der Waals surface area contributed by atoms with Gasteiger partial charge in [-0.15, -0.1) is 0 Å². The molecule has 1 heterocycles. The lowest BCUT2D eigenvalue weighted by Gasteiger charge is -2.18. The molecule has 1 aromatic heterocycles. The molecule has 0 bridgehead atoms. The smallest absolute Gasteiger partial charge is 0.125 e. The molecule has 0 aliphatic heterocycles. The van der Waals surface area contributed by atoms with Gasteiger partial charge in [-0.25, -0.2) is 9.97 Å². The van der Waals surface area contributed by atoms with Crippen molar-refractivity contribution in [3.8, 4) is 0 Å². The Morgan fingerprint density at radius 2 is 1.79 bits per heavy atom. The van der Waals surface area contributed by atoms with Crippen LogP contribution in [0.2, 0.25) is 0 Å². The van der Waals surface area contributed by atoms with Crippen molar-refractivity contribution >= 4 is 0 Å². The molecule has 1 unspecified atom stereocenters. The van der Waals surface area contributed by atoms with Crippen LogP contribution in [0.1, 0.15) is 34.3 Å². The Labute approximate surface area is 115 Å². The first-order valence-corrected chi connectivity index (χ1v) is 6.63. The maximum atomic E-state index is 4.53. The molecule has 1 N–H and O–H groups in total. The summed E-state index contributed by atoms with van der Waals surface area (Å²) in [6, 6.07) is 8.65. The Morgan fingerprint density at radius 1 is 1.11 bits per heavy atom. The zero-order valence-electron chi connectivity index (χ0n) is 12.1. The average Bonchev–Trinajstić information content (AvgIpc) is 2.38. The number of hydrogen-bond acceptors (Lipinski definition) is 3. The normalized spacial score (nSPS) is 12.4. The van der Waals surface area contributed by atoms with Crippen LogP contribution in [-0.2, 0) is 6.42 Å². The van der Waals surface area contributed by atoms with Crippen molar-refractivity contribution in [3.05, 3.63) is 58.7 Å². The van der Waals surface area contributed by atoms with Gasteiger partial charge in [0, 0.05) is 6.20 Å². The molecule has 3 nitrogen and oxygen atoms in total. The van der Waals surface area contributed by atoms with Crippen LogP contribution >= 0.6 is 0 Å². The number of aryl methyl sites for hydroxylation is 3. The largest absolute Gasteiger partial charge is 0.311 e. The first kappa shape index (κ1) is 13.7. The summed E-state index contributed by atoms with van der Waals surface area (Å²) in [4.78, 5) is 8.69. The minimum absolute atomic E-state index is 0.224. The van der Waals surface area contributed by atoms with Crippen molar-refractivity contribution in [2.45, 2.75) is 33.2 Å². The lowest BCUT2D eigenvalue weighted by Crippen LogP contribution is -2.21. The highest BCUT2D eigenvalue weighted by molar-refractivity contribution is 5.34. The van der Waals surface area contributed by atoms with E-state index in [1.54, 1.807) is 0 Å². The number of hydrogen-bond donors (Lipinski definition) is 1. The summed E-state index contributed by atoms with van der Waals surface area (Å²) in [6.45, 7) is 6.26. The molecule has 3 heteroatoms. The van der Waals surface area contributed by atoms with Gasteiger partial charge in [-0.2, -0.15) is 0 Å². The Kier molecular flexibility index (Phi) is 4.27. The van der Waals surface area contributed by atoms with Gasteiger partial charge in [-0.3, -0.25) is 0 Å². The van der Waals surface area contributed by atoms with Gasteiger partial charge < -0.3 is 5.32 Å². The second kappa shape index (κ2) is 5.93. The molecule has 0 saturated carbocycles. The first-order valence-electron chi connectivity index (χ1n) is 6.63. The predicted molar refractivity (Wildman–Crippen MR) is 78.2 cm³/mol. The number of rotatable bonds is 4. The van der Waals surface area contributed by atoms with Crippen LogP contribution in [0.3, 0.4) is 0 Å². The Bertz CT molecular complexity index is 543. The van der Waals surface area contributed by atoms with Gasteiger partial charge in [0.25, 0.3) is 0 Å². The minimum Gasteiger partial charge on any atom is -0.311 e. The SMILES string of the molecule is CNC(Cc1c(C)cccc1C)c1ccnc(C)n1. The maximum absolute atomic E-state index is 4.53. The van der Waals surface area contributed by atoms with Gasteiger partial charge in [-0.1, -0.05) is 18.2 Å². The second-order valence-corrected chi connectivity index (χ2v) is 4.94. The van der Waals surface area contributed by atoms with Crippen LogP contribution in [0, 0.1) is 20.8 Å². The molecule has 19 heavy (non-hydrogen) atoms. The Morgan fingerprint density at radius 3 is 2.37 bits per heavy atom. The highest BCUT2D eigenvalue weighted by Gasteiger charge is 2.14. The highest BCUT2D eigenvalue weighted by atomic mass is 14.9. The fourth-order valence-electron chi connectivity index (χ4n) is 2.40. The van der Waals surface area contributed by atoms with Gasteiger partial charge in [0.2, 0.25) is 0 Å². The van der Waals surface area contributed by atoms with Gasteiger partial charge in [-0.05, 0) is 57.0 Å². The standard InChI is InChI=1S/C16H21N3/c1-11-6-5-7-12(2)14(11)10-16(17-4)15-8-9-18-13(3)19-15/h5-9,16-17H,10H2,1-4H3. The number of likely N-dealkylation sites (N-methyl/N-ethyl adjacent to an activating group) is 1. The van der Waals surface area contributed by atoms with E-state index in [2.05, 4.69) is 47.3 Å². The van der Waals surface area contributed by atoms with Crippen LogP contribution < -0.4 is 5.32 Å². The summed E-state index contributed by atoms with van der Waals surface area (Å²) in [5.41, 5.74) is 5.13. The van der Waals surface area contributed by atoms with Crippen LogP contribution in [0.4, 0.5) is 0 Å². The van der Waals surface area contributed by atoms with E-state index in [9.17, 15) is 0 Å². The molecule has 0 fully saturated rings. The molecule has 1 atom stereocenters. The topological polar surface area (TPSA) is 37.8 Å². The quantitative estimate of drug-likeness (QED) is 0.913. The fraction of sp³-hybridized carbons (Fsp3) is 0.375. The summed E-state index contributed by atoms with van der Waals surface area (Å²) in [6.07, 6.45) is 2.78. The van der Waals surface area contributed by atoms with Crippen molar-refractivity contribution in [1.29, 1.82) is 0 Å². The second-order valence-electron chi connectivity index (χ2n) is 4.94. The number of nitrogens with zero attached hydrogens (tertiary/aromatic N) is 2. The van der Waals surface area contributed by atoms with Crippen molar-refractivity contribution in [3.63, 3.8) is 0 Å². The van der Waals surface area contributed by atoms with Crippen molar-refractivity contribution < 1.29 is 0 Å². The number of benzene rings is 1. The maximum Gasteiger partial charge on any atom is 0.125 e. The van der Waals surface area contributed by atoms with Crippen LogP contribution in [0.15, 0.2) is 30.5 Å². The summed E-state index contributed by atoms with van der Waals surface area (Å²) >= 11 is 0. The molecule has 1 aromatic carbocycles. The van der Waals surface area contributed by atoms with Gasteiger partial charge >= 0.3 is 0 Å². The first-order chi connectivity index (χ1) is 9.11. The molecule has 0 aliphatic carbocycles. The lowest BCUT2D eigenvalue weighted by atomic mass is 9.95. The molecular weight excluding hydrogens is 234 g/mol.